The van der Waals surface area contributed by atoms with E-state index in [1.165, 1.54) is 199 Å². The predicted molar refractivity (Wildman–Crippen MR) is 279 cm³/mol. The first-order chi connectivity index (χ1) is 32.0. The normalized spacial score (nSPS) is 12.1. The molecule has 6 heteroatoms. The van der Waals surface area contributed by atoms with Crippen molar-refractivity contribution in [2.24, 2.45) is 0 Å². The zero-order valence-corrected chi connectivity index (χ0v) is 43.8. The van der Waals surface area contributed by atoms with Crippen molar-refractivity contribution in [3.8, 4) is 0 Å². The molecule has 0 spiro atoms. The van der Waals surface area contributed by atoms with E-state index in [-0.39, 0.29) is 31.1 Å². The Bertz CT molecular complexity index is 1050. The zero-order chi connectivity index (χ0) is 47.2. The SMILES string of the molecule is CC/C=C\C/C=C\CCCCCCCCCC(=O)OC(COC(=O)CCCCCCCCCCCCCCCC)COC(=O)CCCCCCCCCCCCCCCCCCCCC. The average molecular weight is 916 g/mol. The van der Waals surface area contributed by atoms with Gasteiger partial charge in [-0.1, -0.05) is 276 Å². The second kappa shape index (κ2) is 54.5. The van der Waals surface area contributed by atoms with E-state index in [9.17, 15) is 14.4 Å². The lowest BCUT2D eigenvalue weighted by molar-refractivity contribution is -0.167. The molecule has 0 heterocycles. The average Bonchev–Trinajstić information content (AvgIpc) is 3.30. The Labute approximate surface area is 404 Å². The third kappa shape index (κ3) is 52.7. The summed E-state index contributed by atoms with van der Waals surface area (Å²) in [5, 5.41) is 0. The Hall–Kier alpha value is -2.11. The van der Waals surface area contributed by atoms with Crippen molar-refractivity contribution < 1.29 is 28.6 Å². The highest BCUT2D eigenvalue weighted by Crippen LogP contribution is 2.17. The summed E-state index contributed by atoms with van der Waals surface area (Å²) in [5.74, 6) is -0.856. The fraction of sp³-hybridized carbons (Fsp3) is 0.881. The van der Waals surface area contributed by atoms with Crippen LogP contribution in [0.5, 0.6) is 0 Å². The summed E-state index contributed by atoms with van der Waals surface area (Å²) in [6, 6.07) is 0. The van der Waals surface area contributed by atoms with E-state index in [1.54, 1.807) is 0 Å². The molecule has 0 radical (unpaired) electrons. The van der Waals surface area contributed by atoms with Crippen LogP contribution in [0.25, 0.3) is 0 Å². The molecule has 0 aromatic carbocycles. The molecular weight excluding hydrogens is 805 g/mol. The summed E-state index contributed by atoms with van der Waals surface area (Å²) in [7, 11) is 0. The molecule has 0 amide bonds. The highest BCUT2D eigenvalue weighted by molar-refractivity contribution is 5.71. The van der Waals surface area contributed by atoms with Crippen LogP contribution in [0, 0.1) is 0 Å². The van der Waals surface area contributed by atoms with Gasteiger partial charge in [0.1, 0.15) is 13.2 Å². The van der Waals surface area contributed by atoms with E-state index in [0.717, 1.165) is 77.0 Å². The number of hydrogen-bond acceptors (Lipinski definition) is 6. The Kier molecular flexibility index (Phi) is 52.7. The van der Waals surface area contributed by atoms with Gasteiger partial charge in [0.15, 0.2) is 6.10 Å². The number of allylic oxidation sites excluding steroid dienone is 4. The molecule has 1 unspecified atom stereocenters. The summed E-state index contributed by atoms with van der Waals surface area (Å²) >= 11 is 0. The number of carbonyl (C=O) groups is 3. The van der Waals surface area contributed by atoms with Gasteiger partial charge in [-0.25, -0.2) is 0 Å². The van der Waals surface area contributed by atoms with Gasteiger partial charge in [-0.15, -0.1) is 0 Å². The van der Waals surface area contributed by atoms with Crippen molar-refractivity contribution in [2.45, 2.75) is 322 Å². The van der Waals surface area contributed by atoms with Gasteiger partial charge in [0.05, 0.1) is 0 Å². The maximum absolute atomic E-state index is 12.8. The Morgan fingerprint density at radius 3 is 0.923 bits per heavy atom. The zero-order valence-electron chi connectivity index (χ0n) is 43.8. The second-order valence-electron chi connectivity index (χ2n) is 19.5. The molecule has 0 bridgehead atoms. The first-order valence-electron chi connectivity index (χ1n) is 28.8. The number of carbonyl (C=O) groups excluding carboxylic acids is 3. The van der Waals surface area contributed by atoms with Crippen LogP contribution in [0.3, 0.4) is 0 Å². The van der Waals surface area contributed by atoms with Crippen molar-refractivity contribution in [1.29, 1.82) is 0 Å². The van der Waals surface area contributed by atoms with Gasteiger partial charge in [0.25, 0.3) is 0 Å². The molecule has 6 nitrogen and oxygen atoms in total. The molecule has 382 valence electrons. The first kappa shape index (κ1) is 62.9. The fourth-order valence-electron chi connectivity index (χ4n) is 8.66. The van der Waals surface area contributed by atoms with Crippen molar-refractivity contribution in [1.82, 2.24) is 0 Å². The van der Waals surface area contributed by atoms with Crippen LogP contribution >= 0.6 is 0 Å². The van der Waals surface area contributed by atoms with Crippen molar-refractivity contribution in [3.63, 3.8) is 0 Å². The molecule has 0 aliphatic carbocycles. The highest BCUT2D eigenvalue weighted by atomic mass is 16.6. The monoisotopic (exact) mass is 915 g/mol. The molecule has 0 rings (SSSR count). The lowest BCUT2D eigenvalue weighted by Gasteiger charge is -2.18. The maximum atomic E-state index is 12.8. The molecular formula is C59H110O6. The topological polar surface area (TPSA) is 78.9 Å². The summed E-state index contributed by atoms with van der Waals surface area (Å²) < 4.78 is 16.9. The van der Waals surface area contributed by atoms with Gasteiger partial charge < -0.3 is 14.2 Å². The minimum Gasteiger partial charge on any atom is -0.462 e. The summed E-state index contributed by atoms with van der Waals surface area (Å²) in [5.41, 5.74) is 0. The smallest absolute Gasteiger partial charge is 0.306 e. The van der Waals surface area contributed by atoms with E-state index >= 15 is 0 Å². The van der Waals surface area contributed by atoms with Gasteiger partial charge in [0.2, 0.25) is 0 Å². The van der Waals surface area contributed by atoms with Crippen molar-refractivity contribution >= 4 is 17.9 Å². The van der Waals surface area contributed by atoms with E-state index in [0.29, 0.717) is 19.3 Å². The number of esters is 3. The first-order valence-corrected chi connectivity index (χ1v) is 28.8. The largest absolute Gasteiger partial charge is 0.462 e. The van der Waals surface area contributed by atoms with Crippen LogP contribution in [0.1, 0.15) is 316 Å². The van der Waals surface area contributed by atoms with Gasteiger partial charge in [-0.2, -0.15) is 0 Å². The van der Waals surface area contributed by atoms with Crippen LogP contribution in [-0.4, -0.2) is 37.2 Å². The standard InChI is InChI=1S/C59H110O6/c1-4-7-10-13-16-19-22-25-28-29-30-31-32-35-37-40-43-46-49-52-58(61)64-55-56(65-59(62)53-50-47-44-41-38-34-27-24-21-18-15-12-9-6-3)54-63-57(60)51-48-45-42-39-36-33-26-23-20-17-14-11-8-5-2/h9,12,18,21,56H,4-8,10-11,13-17,19-20,22-55H2,1-3H3/b12-9-,21-18-. The molecule has 1 atom stereocenters. The molecule has 0 aromatic heterocycles. The lowest BCUT2D eigenvalue weighted by atomic mass is 10.0. The minimum absolute atomic E-state index is 0.0690. The van der Waals surface area contributed by atoms with Gasteiger partial charge in [-0.3, -0.25) is 14.4 Å². The molecule has 0 aliphatic heterocycles. The summed E-state index contributed by atoms with van der Waals surface area (Å²) in [6.45, 7) is 6.58. The van der Waals surface area contributed by atoms with E-state index in [2.05, 4.69) is 45.1 Å². The van der Waals surface area contributed by atoms with E-state index in [4.69, 9.17) is 14.2 Å². The van der Waals surface area contributed by atoms with E-state index in [1.807, 2.05) is 0 Å². The van der Waals surface area contributed by atoms with Gasteiger partial charge in [0, 0.05) is 19.3 Å². The number of ether oxygens (including phenoxy) is 3. The van der Waals surface area contributed by atoms with Crippen molar-refractivity contribution in [2.75, 3.05) is 13.2 Å². The number of unbranched alkanes of at least 4 members (excludes halogenated alkanes) is 38. The Morgan fingerprint density at radius 1 is 0.323 bits per heavy atom. The Balaban J connectivity index is 4.29. The molecule has 0 aliphatic rings. The Morgan fingerprint density at radius 2 is 0.600 bits per heavy atom. The summed E-state index contributed by atoms with van der Waals surface area (Å²) in [6.07, 6.45) is 63.1. The van der Waals surface area contributed by atoms with Gasteiger partial charge in [-0.05, 0) is 44.9 Å². The minimum atomic E-state index is -0.770. The highest BCUT2D eigenvalue weighted by Gasteiger charge is 2.19. The molecule has 0 saturated heterocycles. The number of hydrogen-bond donors (Lipinski definition) is 0. The van der Waals surface area contributed by atoms with E-state index < -0.39 is 6.10 Å². The molecule has 0 saturated carbocycles. The van der Waals surface area contributed by atoms with Gasteiger partial charge >= 0.3 is 17.9 Å². The lowest BCUT2D eigenvalue weighted by Crippen LogP contribution is -2.30. The third-order valence-corrected chi connectivity index (χ3v) is 13.0. The fourth-order valence-corrected chi connectivity index (χ4v) is 8.66. The quantitative estimate of drug-likeness (QED) is 0.0262. The maximum Gasteiger partial charge on any atom is 0.306 e. The van der Waals surface area contributed by atoms with Crippen LogP contribution in [0.2, 0.25) is 0 Å². The third-order valence-electron chi connectivity index (χ3n) is 13.0. The predicted octanol–water partition coefficient (Wildman–Crippen LogP) is 19.1. The second-order valence-corrected chi connectivity index (χ2v) is 19.5. The van der Waals surface area contributed by atoms with Crippen LogP contribution in [0.4, 0.5) is 0 Å². The molecule has 65 heavy (non-hydrogen) atoms. The summed E-state index contributed by atoms with van der Waals surface area (Å²) in [4.78, 5) is 38.1. The molecule has 0 fully saturated rings. The molecule has 0 N–H and O–H groups in total. The van der Waals surface area contributed by atoms with Crippen LogP contribution in [0.15, 0.2) is 24.3 Å². The molecule has 0 aromatic rings. The number of rotatable bonds is 53. The van der Waals surface area contributed by atoms with Crippen molar-refractivity contribution in [3.05, 3.63) is 24.3 Å². The van der Waals surface area contributed by atoms with Crippen LogP contribution < -0.4 is 0 Å². The van der Waals surface area contributed by atoms with Crippen LogP contribution in [-0.2, 0) is 28.6 Å².